The number of hydrogen-bond acceptors (Lipinski definition) is 3. The second-order valence-corrected chi connectivity index (χ2v) is 6.46. The lowest BCUT2D eigenvalue weighted by Gasteiger charge is -2.17. The molecule has 2 N–H and O–H groups in total. The number of benzene rings is 1. The molecule has 1 saturated heterocycles. The highest BCUT2D eigenvalue weighted by molar-refractivity contribution is 7.89. The molecule has 0 radical (unpaired) electrons. The maximum atomic E-state index is 11.6. The molecule has 0 amide bonds. The Kier molecular flexibility index (Phi) is 3.81. The summed E-state index contributed by atoms with van der Waals surface area (Å²) >= 11 is 0. The Morgan fingerprint density at radius 2 is 2.00 bits per heavy atom. The average Bonchev–Trinajstić information content (AvgIpc) is 2.66. The van der Waals surface area contributed by atoms with Crippen molar-refractivity contribution in [2.75, 3.05) is 18.8 Å². The van der Waals surface area contributed by atoms with Gasteiger partial charge in [0.25, 0.3) is 0 Å². The van der Waals surface area contributed by atoms with Gasteiger partial charge in [-0.15, -0.1) is 0 Å². The molecule has 1 aliphatic rings. The minimum atomic E-state index is -2.99. The lowest BCUT2D eigenvalue weighted by atomic mass is 10.1. The topological polar surface area (TPSA) is 63.4 Å². The normalized spacial score (nSPS) is 21.5. The Bertz CT molecular complexity index is 459. The first-order valence-electron chi connectivity index (χ1n) is 5.88. The van der Waals surface area contributed by atoms with Crippen molar-refractivity contribution in [3.63, 3.8) is 0 Å². The van der Waals surface area contributed by atoms with Gasteiger partial charge in [0.1, 0.15) is 0 Å². The molecule has 1 aliphatic heterocycles. The number of nitrogens with zero attached hydrogens (tertiary/aromatic N) is 1. The lowest BCUT2D eigenvalue weighted by molar-refractivity contribution is 0.418. The first-order valence-corrected chi connectivity index (χ1v) is 7.49. The molecule has 0 saturated carbocycles. The van der Waals surface area contributed by atoms with Crippen LogP contribution in [0.2, 0.25) is 0 Å². The number of rotatable bonds is 4. The van der Waals surface area contributed by atoms with Crippen molar-refractivity contribution >= 4 is 10.0 Å². The third kappa shape index (κ3) is 3.06. The summed E-state index contributed by atoms with van der Waals surface area (Å²) in [6.07, 6.45) is 1.41. The smallest absolute Gasteiger partial charge is 0.214 e. The second kappa shape index (κ2) is 5.16. The average molecular weight is 254 g/mol. The monoisotopic (exact) mass is 254 g/mol. The Morgan fingerprint density at radius 1 is 1.29 bits per heavy atom. The standard InChI is InChI=1S/C12H18N2O2S/c13-12(11-5-2-1-3-6-11)7-9-14-8-4-10-17(14,15)16/h1-3,5-6,12H,4,7-10,13H2. The van der Waals surface area contributed by atoms with Crippen molar-refractivity contribution in [2.24, 2.45) is 5.73 Å². The van der Waals surface area contributed by atoms with Crippen molar-refractivity contribution in [3.8, 4) is 0 Å². The van der Waals surface area contributed by atoms with Crippen LogP contribution >= 0.6 is 0 Å². The van der Waals surface area contributed by atoms with E-state index in [1.165, 1.54) is 0 Å². The Balaban J connectivity index is 1.91. The van der Waals surface area contributed by atoms with Crippen LogP contribution in [0.5, 0.6) is 0 Å². The summed E-state index contributed by atoms with van der Waals surface area (Å²) in [5.74, 6) is 0.285. The molecule has 2 rings (SSSR count). The highest BCUT2D eigenvalue weighted by Gasteiger charge is 2.27. The number of nitrogens with two attached hydrogens (primary N) is 1. The van der Waals surface area contributed by atoms with Gasteiger partial charge in [-0.25, -0.2) is 12.7 Å². The van der Waals surface area contributed by atoms with Crippen LogP contribution in [0.3, 0.4) is 0 Å². The zero-order valence-electron chi connectivity index (χ0n) is 9.75. The zero-order valence-corrected chi connectivity index (χ0v) is 10.6. The van der Waals surface area contributed by atoms with Crippen LogP contribution in [0.15, 0.2) is 30.3 Å². The van der Waals surface area contributed by atoms with Gasteiger partial charge in [0.2, 0.25) is 10.0 Å². The van der Waals surface area contributed by atoms with E-state index < -0.39 is 10.0 Å². The molecule has 5 heteroatoms. The Morgan fingerprint density at radius 3 is 2.59 bits per heavy atom. The van der Waals surface area contributed by atoms with Crippen molar-refractivity contribution < 1.29 is 8.42 Å². The van der Waals surface area contributed by atoms with Crippen LogP contribution in [0.1, 0.15) is 24.4 Å². The molecule has 17 heavy (non-hydrogen) atoms. The van der Waals surface area contributed by atoms with Crippen molar-refractivity contribution in [1.29, 1.82) is 0 Å². The van der Waals surface area contributed by atoms with E-state index in [1.54, 1.807) is 4.31 Å². The summed E-state index contributed by atoms with van der Waals surface area (Å²) in [6, 6.07) is 9.70. The molecule has 1 aromatic rings. The van der Waals surface area contributed by atoms with Gasteiger partial charge in [0.05, 0.1) is 5.75 Å². The van der Waals surface area contributed by atoms with E-state index in [0.29, 0.717) is 19.5 Å². The fraction of sp³-hybridized carbons (Fsp3) is 0.500. The first-order chi connectivity index (χ1) is 8.09. The summed E-state index contributed by atoms with van der Waals surface area (Å²) in [5.41, 5.74) is 7.10. The fourth-order valence-electron chi connectivity index (χ4n) is 2.09. The van der Waals surface area contributed by atoms with E-state index in [-0.39, 0.29) is 11.8 Å². The van der Waals surface area contributed by atoms with E-state index in [9.17, 15) is 8.42 Å². The summed E-state index contributed by atoms with van der Waals surface area (Å²) in [4.78, 5) is 0. The molecule has 1 atom stereocenters. The minimum absolute atomic E-state index is 0.0907. The van der Waals surface area contributed by atoms with Gasteiger partial charge in [-0.3, -0.25) is 0 Å². The minimum Gasteiger partial charge on any atom is -0.324 e. The predicted molar refractivity (Wildman–Crippen MR) is 68.0 cm³/mol. The van der Waals surface area contributed by atoms with Gasteiger partial charge in [-0.2, -0.15) is 0 Å². The fourth-order valence-corrected chi connectivity index (χ4v) is 3.64. The quantitative estimate of drug-likeness (QED) is 0.875. The van der Waals surface area contributed by atoms with Gasteiger partial charge in [-0.05, 0) is 18.4 Å². The van der Waals surface area contributed by atoms with Crippen molar-refractivity contribution in [2.45, 2.75) is 18.9 Å². The van der Waals surface area contributed by atoms with E-state index in [0.717, 1.165) is 12.0 Å². The highest BCUT2D eigenvalue weighted by Crippen LogP contribution is 2.18. The summed E-state index contributed by atoms with van der Waals surface area (Å²) in [7, 11) is -2.99. The summed E-state index contributed by atoms with van der Waals surface area (Å²) in [5, 5.41) is 0. The van der Waals surface area contributed by atoms with Crippen LogP contribution in [-0.2, 0) is 10.0 Å². The third-order valence-electron chi connectivity index (χ3n) is 3.12. The molecular formula is C12H18N2O2S. The van der Waals surface area contributed by atoms with Gasteiger partial charge >= 0.3 is 0 Å². The molecule has 1 aromatic carbocycles. The molecule has 94 valence electrons. The summed E-state index contributed by atoms with van der Waals surface area (Å²) < 4.78 is 24.7. The van der Waals surface area contributed by atoms with Crippen LogP contribution in [0.25, 0.3) is 0 Å². The molecule has 1 unspecified atom stereocenters. The van der Waals surface area contributed by atoms with E-state index >= 15 is 0 Å². The first kappa shape index (κ1) is 12.5. The van der Waals surface area contributed by atoms with Gasteiger partial charge in [0, 0.05) is 19.1 Å². The SMILES string of the molecule is NC(CCN1CCCS1(=O)=O)c1ccccc1. The molecule has 0 spiro atoms. The maximum Gasteiger partial charge on any atom is 0.214 e. The molecule has 1 heterocycles. The molecular weight excluding hydrogens is 236 g/mol. The van der Waals surface area contributed by atoms with E-state index in [1.807, 2.05) is 30.3 Å². The van der Waals surface area contributed by atoms with Crippen LogP contribution < -0.4 is 5.73 Å². The molecule has 0 bridgehead atoms. The van der Waals surface area contributed by atoms with E-state index in [4.69, 9.17) is 5.73 Å². The van der Waals surface area contributed by atoms with Crippen LogP contribution in [0.4, 0.5) is 0 Å². The van der Waals surface area contributed by atoms with Gasteiger partial charge in [-0.1, -0.05) is 30.3 Å². The van der Waals surface area contributed by atoms with Crippen molar-refractivity contribution in [1.82, 2.24) is 4.31 Å². The second-order valence-electron chi connectivity index (χ2n) is 4.37. The van der Waals surface area contributed by atoms with E-state index in [2.05, 4.69) is 0 Å². The van der Waals surface area contributed by atoms with Gasteiger partial charge in [0.15, 0.2) is 0 Å². The lowest BCUT2D eigenvalue weighted by Crippen LogP contribution is -2.29. The van der Waals surface area contributed by atoms with Gasteiger partial charge < -0.3 is 5.73 Å². The Hall–Kier alpha value is -0.910. The van der Waals surface area contributed by atoms with Crippen molar-refractivity contribution in [3.05, 3.63) is 35.9 Å². The van der Waals surface area contributed by atoms with Crippen LogP contribution in [-0.4, -0.2) is 31.6 Å². The highest BCUT2D eigenvalue weighted by atomic mass is 32.2. The number of hydrogen-bond donors (Lipinski definition) is 1. The largest absolute Gasteiger partial charge is 0.324 e. The Labute approximate surface area is 102 Å². The predicted octanol–water partition coefficient (Wildman–Crippen LogP) is 1.11. The molecule has 4 nitrogen and oxygen atoms in total. The summed E-state index contributed by atoms with van der Waals surface area (Å²) in [6.45, 7) is 1.17. The zero-order chi connectivity index (χ0) is 12.3. The molecule has 0 aromatic heterocycles. The molecule has 1 fully saturated rings. The van der Waals surface area contributed by atoms with Crippen LogP contribution in [0, 0.1) is 0 Å². The number of sulfonamides is 1. The maximum absolute atomic E-state index is 11.6. The third-order valence-corrected chi connectivity index (χ3v) is 5.08. The molecule has 0 aliphatic carbocycles.